The lowest BCUT2D eigenvalue weighted by molar-refractivity contribution is 0.132. The number of rotatable bonds is 4. The summed E-state index contributed by atoms with van der Waals surface area (Å²) in [5.41, 5.74) is 3.49. The molecule has 3 amide bonds. The van der Waals surface area contributed by atoms with E-state index in [1.54, 1.807) is 7.11 Å². The summed E-state index contributed by atoms with van der Waals surface area (Å²) in [6.07, 6.45) is 0.772. The molecule has 0 spiro atoms. The SMILES string of the molecule is COc1ccc(C)cc1NC(=O)Nc1ccc(C2CCN(C(=O)O)CC2)cc1. The van der Waals surface area contributed by atoms with Gasteiger partial charge in [-0.15, -0.1) is 0 Å². The summed E-state index contributed by atoms with van der Waals surface area (Å²) in [5, 5.41) is 14.7. The van der Waals surface area contributed by atoms with Crippen LogP contribution in [0.5, 0.6) is 5.75 Å². The first kappa shape index (κ1) is 19.5. The average Bonchev–Trinajstić information content (AvgIpc) is 2.69. The first-order valence-corrected chi connectivity index (χ1v) is 9.26. The zero-order valence-corrected chi connectivity index (χ0v) is 16.1. The topological polar surface area (TPSA) is 90.9 Å². The summed E-state index contributed by atoms with van der Waals surface area (Å²) in [4.78, 5) is 24.8. The fourth-order valence-electron chi connectivity index (χ4n) is 3.45. The number of piperidine rings is 1. The average molecular weight is 383 g/mol. The number of nitrogens with zero attached hydrogens (tertiary/aromatic N) is 1. The highest BCUT2D eigenvalue weighted by Crippen LogP contribution is 2.29. The summed E-state index contributed by atoms with van der Waals surface area (Å²) in [6.45, 7) is 3.06. The van der Waals surface area contributed by atoms with Gasteiger partial charge in [-0.05, 0) is 61.1 Å². The molecule has 0 unspecified atom stereocenters. The maximum Gasteiger partial charge on any atom is 0.407 e. The fourth-order valence-corrected chi connectivity index (χ4v) is 3.45. The van der Waals surface area contributed by atoms with Crippen LogP contribution in [0.2, 0.25) is 0 Å². The molecule has 0 saturated carbocycles. The molecule has 0 atom stereocenters. The Balaban J connectivity index is 1.58. The molecule has 1 aliphatic heterocycles. The van der Waals surface area contributed by atoms with Gasteiger partial charge in [-0.25, -0.2) is 9.59 Å². The van der Waals surface area contributed by atoms with E-state index in [0.29, 0.717) is 36.1 Å². The Labute approximate surface area is 164 Å². The molecule has 1 fully saturated rings. The van der Waals surface area contributed by atoms with Crippen molar-refractivity contribution < 1.29 is 19.4 Å². The number of carbonyl (C=O) groups excluding carboxylic acids is 1. The standard InChI is InChI=1S/C21H25N3O4/c1-14-3-8-19(28-2)18(13-14)23-20(25)22-17-6-4-15(5-7-17)16-9-11-24(12-10-16)21(26)27/h3-8,13,16H,9-12H2,1-2H3,(H,26,27)(H2,22,23,25). The van der Waals surface area contributed by atoms with Crippen molar-refractivity contribution in [3.8, 4) is 5.75 Å². The Morgan fingerprint density at radius 1 is 1.07 bits per heavy atom. The molecule has 1 saturated heterocycles. The number of nitrogens with one attached hydrogen (secondary N) is 2. The minimum Gasteiger partial charge on any atom is -0.495 e. The second kappa shape index (κ2) is 8.65. The molecule has 3 rings (SSSR count). The number of amides is 3. The first-order chi connectivity index (χ1) is 13.5. The van der Waals surface area contributed by atoms with Crippen LogP contribution in [0.3, 0.4) is 0 Å². The zero-order valence-electron chi connectivity index (χ0n) is 16.1. The van der Waals surface area contributed by atoms with Crippen LogP contribution < -0.4 is 15.4 Å². The van der Waals surface area contributed by atoms with Gasteiger partial charge in [0.15, 0.2) is 0 Å². The summed E-state index contributed by atoms with van der Waals surface area (Å²) in [6, 6.07) is 13.0. The summed E-state index contributed by atoms with van der Waals surface area (Å²) >= 11 is 0. The van der Waals surface area contributed by atoms with Crippen molar-refractivity contribution in [1.82, 2.24) is 4.90 Å². The fraction of sp³-hybridized carbons (Fsp3) is 0.333. The van der Waals surface area contributed by atoms with E-state index in [-0.39, 0.29) is 6.03 Å². The van der Waals surface area contributed by atoms with Crippen LogP contribution in [0, 0.1) is 6.92 Å². The lowest BCUT2D eigenvalue weighted by Gasteiger charge is -2.30. The van der Waals surface area contributed by atoms with E-state index in [4.69, 9.17) is 9.84 Å². The largest absolute Gasteiger partial charge is 0.495 e. The molecule has 0 radical (unpaired) electrons. The Kier molecular flexibility index (Phi) is 6.03. The van der Waals surface area contributed by atoms with Crippen molar-refractivity contribution in [3.63, 3.8) is 0 Å². The zero-order chi connectivity index (χ0) is 20.1. The van der Waals surface area contributed by atoms with Crippen molar-refractivity contribution in [3.05, 3.63) is 53.6 Å². The number of anilines is 2. The van der Waals surface area contributed by atoms with Crippen LogP contribution in [-0.2, 0) is 0 Å². The molecule has 1 aliphatic rings. The smallest absolute Gasteiger partial charge is 0.407 e. The highest BCUT2D eigenvalue weighted by atomic mass is 16.5. The second-order valence-electron chi connectivity index (χ2n) is 6.95. The number of hydrogen-bond donors (Lipinski definition) is 3. The summed E-state index contributed by atoms with van der Waals surface area (Å²) in [7, 11) is 1.56. The normalized spacial score (nSPS) is 14.4. The van der Waals surface area contributed by atoms with Crippen LogP contribution in [0.1, 0.15) is 29.9 Å². The van der Waals surface area contributed by atoms with E-state index in [0.717, 1.165) is 24.0 Å². The third-order valence-corrected chi connectivity index (χ3v) is 5.01. The number of likely N-dealkylation sites (tertiary alicyclic amines) is 1. The Morgan fingerprint density at radius 2 is 1.75 bits per heavy atom. The van der Waals surface area contributed by atoms with Crippen LogP contribution in [0.4, 0.5) is 21.0 Å². The molecule has 7 heteroatoms. The van der Waals surface area contributed by atoms with Gasteiger partial charge in [0.25, 0.3) is 0 Å². The predicted octanol–water partition coefficient (Wildman–Crippen LogP) is 4.51. The van der Waals surface area contributed by atoms with Gasteiger partial charge < -0.3 is 25.4 Å². The Bertz CT molecular complexity index is 843. The maximum absolute atomic E-state index is 12.3. The number of hydrogen-bond acceptors (Lipinski definition) is 3. The van der Waals surface area contributed by atoms with Crippen molar-refractivity contribution in [1.29, 1.82) is 0 Å². The van der Waals surface area contributed by atoms with E-state index in [1.165, 1.54) is 4.90 Å². The van der Waals surface area contributed by atoms with Crippen LogP contribution >= 0.6 is 0 Å². The van der Waals surface area contributed by atoms with Crippen molar-refractivity contribution in [2.75, 3.05) is 30.8 Å². The lowest BCUT2D eigenvalue weighted by Crippen LogP contribution is -2.36. The van der Waals surface area contributed by atoms with Gasteiger partial charge in [0.2, 0.25) is 0 Å². The maximum atomic E-state index is 12.3. The van der Waals surface area contributed by atoms with Crippen LogP contribution in [0.25, 0.3) is 0 Å². The molecular formula is C21H25N3O4. The van der Waals surface area contributed by atoms with E-state index in [9.17, 15) is 9.59 Å². The number of aryl methyl sites for hydroxylation is 1. The van der Waals surface area contributed by atoms with Crippen LogP contribution in [-0.4, -0.2) is 42.3 Å². The van der Waals surface area contributed by atoms with Gasteiger partial charge >= 0.3 is 12.1 Å². The molecule has 1 heterocycles. The van der Waals surface area contributed by atoms with E-state index in [2.05, 4.69) is 10.6 Å². The molecule has 0 aromatic heterocycles. The molecule has 28 heavy (non-hydrogen) atoms. The van der Waals surface area contributed by atoms with Crippen molar-refractivity contribution in [2.45, 2.75) is 25.7 Å². The number of carbonyl (C=O) groups is 2. The third kappa shape index (κ3) is 4.73. The number of urea groups is 1. The first-order valence-electron chi connectivity index (χ1n) is 9.26. The van der Waals surface area contributed by atoms with Crippen LogP contribution in [0.15, 0.2) is 42.5 Å². The monoisotopic (exact) mass is 383 g/mol. The third-order valence-electron chi connectivity index (χ3n) is 5.01. The number of carboxylic acid groups (broad SMARTS) is 1. The van der Waals surface area contributed by atoms with Crippen molar-refractivity contribution in [2.24, 2.45) is 0 Å². The molecule has 0 aliphatic carbocycles. The van der Waals surface area contributed by atoms with Gasteiger partial charge in [-0.2, -0.15) is 0 Å². The second-order valence-corrected chi connectivity index (χ2v) is 6.95. The number of ether oxygens (including phenoxy) is 1. The summed E-state index contributed by atoms with van der Waals surface area (Å²) in [5.74, 6) is 0.943. The molecule has 7 nitrogen and oxygen atoms in total. The van der Waals surface area contributed by atoms with Crippen molar-refractivity contribution >= 4 is 23.5 Å². The molecule has 2 aromatic carbocycles. The number of benzene rings is 2. The van der Waals surface area contributed by atoms with Gasteiger partial charge in [0.05, 0.1) is 12.8 Å². The van der Waals surface area contributed by atoms with E-state index >= 15 is 0 Å². The minimum atomic E-state index is -0.853. The quantitative estimate of drug-likeness (QED) is 0.725. The van der Waals surface area contributed by atoms with Gasteiger partial charge in [-0.1, -0.05) is 18.2 Å². The lowest BCUT2D eigenvalue weighted by atomic mass is 9.89. The molecule has 2 aromatic rings. The molecular weight excluding hydrogens is 358 g/mol. The molecule has 3 N–H and O–H groups in total. The highest BCUT2D eigenvalue weighted by Gasteiger charge is 2.23. The molecule has 0 bridgehead atoms. The molecule has 148 valence electrons. The minimum absolute atomic E-state index is 0.341. The Hall–Kier alpha value is -3.22. The van der Waals surface area contributed by atoms with E-state index in [1.807, 2.05) is 49.4 Å². The van der Waals surface area contributed by atoms with Gasteiger partial charge in [0.1, 0.15) is 5.75 Å². The predicted molar refractivity (Wildman–Crippen MR) is 108 cm³/mol. The number of methoxy groups -OCH3 is 1. The van der Waals surface area contributed by atoms with Gasteiger partial charge in [0, 0.05) is 18.8 Å². The summed E-state index contributed by atoms with van der Waals surface area (Å²) < 4.78 is 5.27. The highest BCUT2D eigenvalue weighted by molar-refractivity contribution is 6.00. The Morgan fingerprint density at radius 3 is 2.36 bits per heavy atom. The van der Waals surface area contributed by atoms with Gasteiger partial charge in [-0.3, -0.25) is 0 Å². The van der Waals surface area contributed by atoms with E-state index < -0.39 is 6.09 Å².